The minimum absolute atomic E-state index is 0.342. The Hall–Kier alpha value is -1.16. The zero-order valence-electron chi connectivity index (χ0n) is 9.03. The van der Waals surface area contributed by atoms with E-state index in [0.29, 0.717) is 16.8 Å². The highest BCUT2D eigenvalue weighted by atomic mass is 35.5. The van der Waals surface area contributed by atoms with Crippen LogP contribution in [0.3, 0.4) is 0 Å². The molecular weight excluding hydrogens is 212 g/mol. The molecule has 4 nitrogen and oxygen atoms in total. The van der Waals surface area contributed by atoms with Crippen LogP contribution >= 0.6 is 11.6 Å². The van der Waals surface area contributed by atoms with E-state index in [0.717, 1.165) is 17.9 Å². The molecule has 0 radical (unpaired) electrons. The summed E-state index contributed by atoms with van der Waals surface area (Å²) in [5, 5.41) is 4.81. The normalized spacial score (nSPS) is 11.5. The molecule has 0 aliphatic heterocycles. The largest absolute Gasteiger partial charge is 0.254 e. The predicted molar refractivity (Wildman–Crippen MR) is 59.3 cm³/mol. The predicted octanol–water partition coefficient (Wildman–Crippen LogP) is 2.46. The first-order valence-corrected chi connectivity index (χ1v) is 5.41. The molecule has 2 aromatic rings. The van der Waals surface area contributed by atoms with Crippen LogP contribution in [0.4, 0.5) is 0 Å². The Labute approximate surface area is 93.3 Å². The number of hydrogen-bond acceptors (Lipinski definition) is 3. The topological polar surface area (TPSA) is 43.1 Å². The second-order valence-electron chi connectivity index (χ2n) is 3.75. The maximum atomic E-state index is 6.10. The van der Waals surface area contributed by atoms with Crippen molar-refractivity contribution in [3.63, 3.8) is 0 Å². The lowest BCUT2D eigenvalue weighted by atomic mass is 10.1. The van der Waals surface area contributed by atoms with E-state index in [2.05, 4.69) is 28.9 Å². The summed E-state index contributed by atoms with van der Waals surface area (Å²) in [6.07, 6.45) is 0.788. The summed E-state index contributed by atoms with van der Waals surface area (Å²) in [4.78, 5) is 8.70. The van der Waals surface area contributed by atoms with Crippen LogP contribution in [0.25, 0.3) is 5.78 Å². The Morgan fingerprint density at radius 1 is 1.40 bits per heavy atom. The Morgan fingerprint density at radius 2 is 2.13 bits per heavy atom. The molecule has 2 rings (SSSR count). The van der Waals surface area contributed by atoms with Gasteiger partial charge in [0.1, 0.15) is 5.15 Å². The molecule has 0 saturated carbocycles. The molecule has 0 N–H and O–H groups in total. The van der Waals surface area contributed by atoms with Gasteiger partial charge in [0, 0.05) is 6.42 Å². The molecule has 0 fully saturated rings. The van der Waals surface area contributed by atoms with Crippen molar-refractivity contribution in [2.24, 2.45) is 0 Å². The van der Waals surface area contributed by atoms with E-state index < -0.39 is 0 Å². The molecule has 2 heterocycles. The van der Waals surface area contributed by atoms with Crippen LogP contribution in [-0.2, 0) is 6.42 Å². The van der Waals surface area contributed by atoms with Crippen molar-refractivity contribution in [1.82, 2.24) is 19.6 Å². The SMILES string of the molecule is CCc1nc2nc(C(C)C)cc(Cl)n2n1. The third-order valence-electron chi connectivity index (χ3n) is 2.24. The van der Waals surface area contributed by atoms with Gasteiger partial charge < -0.3 is 0 Å². The van der Waals surface area contributed by atoms with Gasteiger partial charge in [-0.2, -0.15) is 9.50 Å². The van der Waals surface area contributed by atoms with Gasteiger partial charge in [0.05, 0.1) is 5.69 Å². The van der Waals surface area contributed by atoms with Gasteiger partial charge in [0.2, 0.25) is 0 Å². The number of fused-ring (bicyclic) bond motifs is 1. The summed E-state index contributed by atoms with van der Waals surface area (Å²) in [7, 11) is 0. The molecule has 0 spiro atoms. The summed E-state index contributed by atoms with van der Waals surface area (Å²) in [6, 6.07) is 1.84. The van der Waals surface area contributed by atoms with Gasteiger partial charge in [0.25, 0.3) is 5.78 Å². The lowest BCUT2D eigenvalue weighted by Crippen LogP contribution is -1.99. The summed E-state index contributed by atoms with van der Waals surface area (Å²) in [5.74, 6) is 1.70. The lowest BCUT2D eigenvalue weighted by Gasteiger charge is -2.04. The first-order valence-electron chi connectivity index (χ1n) is 5.04. The van der Waals surface area contributed by atoms with Crippen LogP contribution in [0, 0.1) is 0 Å². The maximum Gasteiger partial charge on any atom is 0.254 e. The molecule has 0 unspecified atom stereocenters. The lowest BCUT2D eigenvalue weighted by molar-refractivity contribution is 0.804. The Kier molecular flexibility index (Phi) is 2.61. The molecule has 0 bridgehead atoms. The van der Waals surface area contributed by atoms with E-state index in [4.69, 9.17) is 11.6 Å². The van der Waals surface area contributed by atoms with Crippen molar-refractivity contribution >= 4 is 17.4 Å². The molecule has 0 amide bonds. The number of aryl methyl sites for hydroxylation is 1. The van der Waals surface area contributed by atoms with Crippen LogP contribution in [0.5, 0.6) is 0 Å². The first-order chi connectivity index (χ1) is 7.11. The van der Waals surface area contributed by atoms with E-state index in [1.807, 2.05) is 13.0 Å². The standard InChI is InChI=1S/C10H13ClN4/c1-4-9-13-10-12-7(6(2)3)5-8(11)15(10)14-9/h5-6H,4H2,1-3H3. The van der Waals surface area contributed by atoms with Gasteiger partial charge in [-0.05, 0) is 12.0 Å². The fraction of sp³-hybridized carbons (Fsp3) is 0.500. The highest BCUT2D eigenvalue weighted by Crippen LogP contribution is 2.18. The van der Waals surface area contributed by atoms with Crippen LogP contribution in [0.2, 0.25) is 5.15 Å². The number of nitrogens with zero attached hydrogens (tertiary/aromatic N) is 4. The summed E-state index contributed by atoms with van der Waals surface area (Å²) in [6.45, 7) is 6.16. The molecule has 0 saturated heterocycles. The average Bonchev–Trinajstić information content (AvgIpc) is 2.61. The zero-order chi connectivity index (χ0) is 11.0. The smallest absolute Gasteiger partial charge is 0.216 e. The van der Waals surface area contributed by atoms with Crippen molar-refractivity contribution in [2.75, 3.05) is 0 Å². The third-order valence-corrected chi connectivity index (χ3v) is 2.51. The highest BCUT2D eigenvalue weighted by molar-refractivity contribution is 6.29. The minimum Gasteiger partial charge on any atom is -0.216 e. The van der Waals surface area contributed by atoms with Gasteiger partial charge in [-0.25, -0.2) is 4.98 Å². The summed E-state index contributed by atoms with van der Waals surface area (Å²) < 4.78 is 1.58. The van der Waals surface area contributed by atoms with E-state index in [1.54, 1.807) is 4.52 Å². The van der Waals surface area contributed by atoms with Crippen LogP contribution < -0.4 is 0 Å². The van der Waals surface area contributed by atoms with Crippen LogP contribution in [0.1, 0.15) is 38.2 Å². The molecule has 2 aromatic heterocycles. The van der Waals surface area contributed by atoms with Gasteiger partial charge in [0.15, 0.2) is 5.82 Å². The first kappa shape index (κ1) is 10.4. The molecular formula is C10H13ClN4. The molecule has 0 aliphatic carbocycles. The zero-order valence-corrected chi connectivity index (χ0v) is 9.78. The molecule has 0 aromatic carbocycles. The van der Waals surface area contributed by atoms with Gasteiger partial charge in [-0.15, -0.1) is 5.10 Å². The minimum atomic E-state index is 0.342. The number of halogens is 1. The fourth-order valence-electron chi connectivity index (χ4n) is 1.34. The Bertz CT molecular complexity index is 489. The second kappa shape index (κ2) is 3.77. The molecule has 0 aliphatic rings. The monoisotopic (exact) mass is 224 g/mol. The quantitative estimate of drug-likeness (QED) is 0.736. The van der Waals surface area contributed by atoms with E-state index in [9.17, 15) is 0 Å². The van der Waals surface area contributed by atoms with Crippen molar-refractivity contribution < 1.29 is 0 Å². The van der Waals surface area contributed by atoms with Crippen molar-refractivity contribution in [2.45, 2.75) is 33.1 Å². The summed E-state index contributed by atoms with van der Waals surface area (Å²) in [5.41, 5.74) is 0.947. The molecule has 0 atom stereocenters. The van der Waals surface area contributed by atoms with Crippen molar-refractivity contribution in [3.05, 3.63) is 22.7 Å². The van der Waals surface area contributed by atoms with Crippen LogP contribution in [-0.4, -0.2) is 19.6 Å². The van der Waals surface area contributed by atoms with Crippen molar-refractivity contribution in [1.29, 1.82) is 0 Å². The summed E-state index contributed by atoms with van der Waals surface area (Å²) >= 11 is 6.10. The second-order valence-corrected chi connectivity index (χ2v) is 4.14. The maximum absolute atomic E-state index is 6.10. The van der Waals surface area contributed by atoms with Crippen LogP contribution in [0.15, 0.2) is 6.07 Å². The highest BCUT2D eigenvalue weighted by Gasteiger charge is 2.10. The number of rotatable bonds is 2. The van der Waals surface area contributed by atoms with Gasteiger partial charge >= 0.3 is 0 Å². The number of hydrogen-bond donors (Lipinski definition) is 0. The Balaban J connectivity index is 2.65. The fourth-order valence-corrected chi connectivity index (χ4v) is 1.56. The Morgan fingerprint density at radius 3 is 2.73 bits per heavy atom. The van der Waals surface area contributed by atoms with Gasteiger partial charge in [-0.3, -0.25) is 0 Å². The average molecular weight is 225 g/mol. The number of aromatic nitrogens is 4. The third kappa shape index (κ3) is 1.81. The molecule has 15 heavy (non-hydrogen) atoms. The van der Waals surface area contributed by atoms with E-state index in [1.165, 1.54) is 0 Å². The molecule has 5 heteroatoms. The van der Waals surface area contributed by atoms with E-state index >= 15 is 0 Å². The van der Waals surface area contributed by atoms with E-state index in [-0.39, 0.29) is 0 Å². The van der Waals surface area contributed by atoms with Gasteiger partial charge in [-0.1, -0.05) is 32.4 Å². The van der Waals surface area contributed by atoms with Crippen molar-refractivity contribution in [3.8, 4) is 0 Å². The molecule has 80 valence electrons.